The molecule has 1 aromatic carbocycles. The number of rotatable bonds is 2. The minimum atomic E-state index is -0.307. The summed E-state index contributed by atoms with van der Waals surface area (Å²) in [6.07, 6.45) is 0. The molecule has 2 aromatic rings. The van der Waals surface area contributed by atoms with Crippen LogP contribution in [-0.2, 0) is 11.3 Å². The Morgan fingerprint density at radius 3 is 2.39 bits per heavy atom. The summed E-state index contributed by atoms with van der Waals surface area (Å²) < 4.78 is 5.35. The van der Waals surface area contributed by atoms with E-state index in [4.69, 9.17) is 4.42 Å². The lowest BCUT2D eigenvalue weighted by atomic mass is 10.0. The molecule has 1 amide bonds. The van der Waals surface area contributed by atoms with Crippen molar-refractivity contribution in [2.24, 2.45) is 0 Å². The summed E-state index contributed by atoms with van der Waals surface area (Å²) in [6, 6.07) is 5.62. The lowest BCUT2D eigenvalue weighted by Crippen LogP contribution is -2.47. The molecule has 5 nitrogen and oxygen atoms in total. The Morgan fingerprint density at radius 1 is 1.09 bits per heavy atom. The van der Waals surface area contributed by atoms with Crippen molar-refractivity contribution >= 4 is 16.9 Å². The fourth-order valence-electron chi connectivity index (χ4n) is 3.08. The number of amides is 1. The van der Waals surface area contributed by atoms with Gasteiger partial charge in [-0.25, -0.2) is 4.79 Å². The van der Waals surface area contributed by atoms with Crippen LogP contribution in [0.5, 0.6) is 0 Å². The lowest BCUT2D eigenvalue weighted by molar-refractivity contribution is -0.130. The van der Waals surface area contributed by atoms with Gasteiger partial charge in [-0.05, 0) is 42.7 Å². The maximum atomic E-state index is 11.8. The fourth-order valence-corrected chi connectivity index (χ4v) is 3.08. The van der Waals surface area contributed by atoms with Crippen LogP contribution in [0.4, 0.5) is 0 Å². The second-order valence-electron chi connectivity index (χ2n) is 6.31. The van der Waals surface area contributed by atoms with Crippen LogP contribution in [0.3, 0.4) is 0 Å². The average Bonchev–Trinajstić information content (AvgIpc) is 2.50. The van der Waals surface area contributed by atoms with Crippen LogP contribution in [0.1, 0.15) is 23.6 Å². The Bertz CT molecular complexity index is 802. The van der Waals surface area contributed by atoms with E-state index in [-0.39, 0.29) is 11.5 Å². The molecule has 1 fully saturated rings. The summed E-state index contributed by atoms with van der Waals surface area (Å²) in [4.78, 5) is 27.4. The standard InChI is InChI=1S/C18H22N2O3/c1-12-8-16-15(10-18(22)23-17(16)9-13(12)2)11-19-4-6-20(7-5-19)14(3)21/h8-10H,4-7,11H2,1-3H3. The maximum Gasteiger partial charge on any atom is 0.336 e. The van der Waals surface area contributed by atoms with E-state index in [1.807, 2.05) is 17.9 Å². The molecule has 122 valence electrons. The number of piperazine rings is 1. The minimum absolute atomic E-state index is 0.126. The highest BCUT2D eigenvalue weighted by Gasteiger charge is 2.19. The average molecular weight is 314 g/mol. The molecule has 0 bridgehead atoms. The Labute approximate surface area is 135 Å². The Morgan fingerprint density at radius 2 is 1.74 bits per heavy atom. The van der Waals surface area contributed by atoms with Crippen LogP contribution >= 0.6 is 0 Å². The van der Waals surface area contributed by atoms with Gasteiger partial charge in [0.1, 0.15) is 5.58 Å². The molecule has 23 heavy (non-hydrogen) atoms. The third kappa shape index (κ3) is 3.29. The van der Waals surface area contributed by atoms with Crippen molar-refractivity contribution in [1.82, 2.24) is 9.80 Å². The molecule has 1 aliphatic rings. The molecule has 0 radical (unpaired) electrons. The summed E-state index contributed by atoms with van der Waals surface area (Å²) in [5.41, 5.74) is 3.65. The van der Waals surface area contributed by atoms with E-state index >= 15 is 0 Å². The highest BCUT2D eigenvalue weighted by molar-refractivity contribution is 5.81. The van der Waals surface area contributed by atoms with Crippen molar-refractivity contribution < 1.29 is 9.21 Å². The van der Waals surface area contributed by atoms with E-state index in [9.17, 15) is 9.59 Å². The fraction of sp³-hybridized carbons (Fsp3) is 0.444. The highest BCUT2D eigenvalue weighted by Crippen LogP contribution is 2.23. The van der Waals surface area contributed by atoms with Gasteiger partial charge in [0.25, 0.3) is 0 Å². The molecule has 2 heterocycles. The van der Waals surface area contributed by atoms with Gasteiger partial charge < -0.3 is 9.32 Å². The maximum absolute atomic E-state index is 11.8. The molecule has 5 heteroatoms. The molecular weight excluding hydrogens is 292 g/mol. The zero-order chi connectivity index (χ0) is 16.6. The van der Waals surface area contributed by atoms with Gasteiger partial charge in [0.2, 0.25) is 5.91 Å². The van der Waals surface area contributed by atoms with E-state index < -0.39 is 0 Å². The zero-order valence-corrected chi connectivity index (χ0v) is 13.9. The second kappa shape index (κ2) is 6.16. The van der Waals surface area contributed by atoms with Crippen molar-refractivity contribution in [3.8, 4) is 0 Å². The molecule has 0 N–H and O–H groups in total. The van der Waals surface area contributed by atoms with Crippen LogP contribution in [0.25, 0.3) is 11.0 Å². The van der Waals surface area contributed by atoms with Crippen molar-refractivity contribution in [2.45, 2.75) is 27.3 Å². The molecule has 1 aliphatic heterocycles. The molecule has 0 saturated carbocycles. The van der Waals surface area contributed by atoms with E-state index in [0.717, 1.165) is 42.7 Å². The van der Waals surface area contributed by atoms with Crippen LogP contribution in [0.15, 0.2) is 27.4 Å². The van der Waals surface area contributed by atoms with Crippen molar-refractivity contribution in [2.75, 3.05) is 26.2 Å². The topological polar surface area (TPSA) is 53.8 Å². The third-order valence-corrected chi connectivity index (χ3v) is 4.66. The molecule has 1 aromatic heterocycles. The first-order chi connectivity index (χ1) is 10.9. The van der Waals surface area contributed by atoms with Gasteiger partial charge in [-0.1, -0.05) is 0 Å². The van der Waals surface area contributed by atoms with Gasteiger partial charge in [0, 0.05) is 51.1 Å². The number of benzene rings is 1. The van der Waals surface area contributed by atoms with E-state index in [2.05, 4.69) is 17.9 Å². The molecule has 3 rings (SSSR count). The van der Waals surface area contributed by atoms with E-state index in [1.54, 1.807) is 13.0 Å². The number of aryl methyl sites for hydroxylation is 2. The van der Waals surface area contributed by atoms with Gasteiger partial charge >= 0.3 is 5.63 Å². The number of carbonyl (C=O) groups is 1. The van der Waals surface area contributed by atoms with Gasteiger partial charge in [0.15, 0.2) is 0 Å². The molecular formula is C18H22N2O3. The quantitative estimate of drug-likeness (QED) is 0.796. The molecule has 0 unspecified atom stereocenters. The number of nitrogens with zero attached hydrogens (tertiary/aromatic N) is 2. The first-order valence-corrected chi connectivity index (χ1v) is 7.96. The number of hydrogen-bond donors (Lipinski definition) is 0. The third-order valence-electron chi connectivity index (χ3n) is 4.66. The Balaban J connectivity index is 1.87. The molecule has 0 aliphatic carbocycles. The van der Waals surface area contributed by atoms with Crippen LogP contribution in [-0.4, -0.2) is 41.9 Å². The van der Waals surface area contributed by atoms with E-state index in [1.165, 1.54) is 5.56 Å². The summed E-state index contributed by atoms with van der Waals surface area (Å²) >= 11 is 0. The van der Waals surface area contributed by atoms with Crippen molar-refractivity contribution in [1.29, 1.82) is 0 Å². The van der Waals surface area contributed by atoms with Crippen molar-refractivity contribution in [3.05, 3.63) is 45.3 Å². The normalized spacial score (nSPS) is 16.0. The van der Waals surface area contributed by atoms with E-state index in [0.29, 0.717) is 12.1 Å². The highest BCUT2D eigenvalue weighted by atomic mass is 16.4. The van der Waals surface area contributed by atoms with Gasteiger partial charge in [0.05, 0.1) is 0 Å². The van der Waals surface area contributed by atoms with Gasteiger partial charge in [-0.3, -0.25) is 9.69 Å². The molecule has 1 saturated heterocycles. The monoisotopic (exact) mass is 314 g/mol. The zero-order valence-electron chi connectivity index (χ0n) is 13.9. The van der Waals surface area contributed by atoms with Crippen molar-refractivity contribution in [3.63, 3.8) is 0 Å². The molecule has 0 spiro atoms. The predicted molar refractivity (Wildman–Crippen MR) is 89.5 cm³/mol. The summed E-state index contributed by atoms with van der Waals surface area (Å²) in [6.45, 7) is 9.53. The summed E-state index contributed by atoms with van der Waals surface area (Å²) in [7, 11) is 0. The largest absolute Gasteiger partial charge is 0.423 e. The number of hydrogen-bond acceptors (Lipinski definition) is 4. The van der Waals surface area contributed by atoms with Gasteiger partial charge in [-0.2, -0.15) is 0 Å². The first-order valence-electron chi connectivity index (χ1n) is 7.96. The number of carbonyl (C=O) groups excluding carboxylic acids is 1. The predicted octanol–water partition coefficient (Wildman–Crippen LogP) is 2.07. The summed E-state index contributed by atoms with van der Waals surface area (Å²) in [5, 5.41) is 1.00. The Kier molecular flexibility index (Phi) is 4.22. The minimum Gasteiger partial charge on any atom is -0.423 e. The number of fused-ring (bicyclic) bond motifs is 1. The summed E-state index contributed by atoms with van der Waals surface area (Å²) in [5.74, 6) is 0.126. The lowest BCUT2D eigenvalue weighted by Gasteiger charge is -2.34. The van der Waals surface area contributed by atoms with Gasteiger partial charge in [-0.15, -0.1) is 0 Å². The second-order valence-corrected chi connectivity index (χ2v) is 6.31. The van der Waals surface area contributed by atoms with Crippen LogP contribution in [0, 0.1) is 13.8 Å². The Hall–Kier alpha value is -2.14. The SMILES string of the molecule is CC(=O)N1CCN(Cc2cc(=O)oc3cc(C)c(C)cc23)CC1. The smallest absolute Gasteiger partial charge is 0.336 e. The first kappa shape index (κ1) is 15.7. The van der Waals surface area contributed by atoms with Crippen LogP contribution in [0.2, 0.25) is 0 Å². The van der Waals surface area contributed by atoms with Crippen LogP contribution < -0.4 is 5.63 Å². The molecule has 0 atom stereocenters.